The first-order valence-electron chi connectivity index (χ1n) is 10.8. The zero-order chi connectivity index (χ0) is 24.2. The smallest absolute Gasteiger partial charge is 0.303 e. The molecule has 0 saturated carbocycles. The molecule has 1 N–H and O–H groups in total. The van der Waals surface area contributed by atoms with Gasteiger partial charge in [0.05, 0.1) is 12.5 Å². The molecule has 0 spiro atoms. The highest BCUT2D eigenvalue weighted by molar-refractivity contribution is 6.01. The average molecular weight is 459 g/mol. The fourth-order valence-corrected chi connectivity index (χ4v) is 3.37. The van der Waals surface area contributed by atoms with E-state index in [1.54, 1.807) is 12.1 Å². The molecular weight excluding hydrogens is 432 g/mol. The molecule has 3 aromatic rings. The number of hydrogen-bond donors (Lipinski definition) is 1. The van der Waals surface area contributed by atoms with Crippen LogP contribution >= 0.6 is 0 Å². The molecule has 7 nitrogen and oxygen atoms in total. The second kappa shape index (κ2) is 12.7. The second-order valence-corrected chi connectivity index (χ2v) is 7.53. The summed E-state index contributed by atoms with van der Waals surface area (Å²) in [6.07, 6.45) is 0.0808. The zero-order valence-electron chi connectivity index (χ0n) is 18.9. The highest BCUT2D eigenvalue weighted by Crippen LogP contribution is 2.26. The molecule has 0 fully saturated rings. The van der Waals surface area contributed by atoms with Crippen molar-refractivity contribution in [3.63, 3.8) is 0 Å². The molecule has 1 unspecified atom stereocenters. The van der Waals surface area contributed by atoms with Crippen LogP contribution in [-0.2, 0) is 16.2 Å². The fraction of sp³-hybridized carbons (Fsp3) is 0.222. The molecule has 0 aromatic heterocycles. The molecule has 0 radical (unpaired) electrons. The van der Waals surface area contributed by atoms with Crippen LogP contribution in [0, 0.1) is 11.3 Å². The van der Waals surface area contributed by atoms with Gasteiger partial charge >= 0.3 is 5.97 Å². The van der Waals surface area contributed by atoms with Gasteiger partial charge in [0, 0.05) is 17.9 Å². The Balaban J connectivity index is 1.53. The second-order valence-electron chi connectivity index (χ2n) is 7.53. The van der Waals surface area contributed by atoms with Crippen molar-refractivity contribution in [2.75, 3.05) is 13.7 Å². The summed E-state index contributed by atoms with van der Waals surface area (Å²) >= 11 is 0. The Kier molecular flexibility index (Phi) is 9.06. The molecule has 7 heteroatoms. The van der Waals surface area contributed by atoms with Crippen molar-refractivity contribution >= 4 is 11.7 Å². The number of hydrogen-bond acceptors (Lipinski definition) is 6. The van der Waals surface area contributed by atoms with Gasteiger partial charge in [-0.25, -0.2) is 0 Å². The zero-order valence-corrected chi connectivity index (χ0v) is 18.9. The number of oxime groups is 1. The van der Waals surface area contributed by atoms with Crippen LogP contribution in [0.3, 0.4) is 0 Å². The topological polar surface area (TPSA) is 101 Å². The molecule has 174 valence electrons. The molecule has 0 aliphatic rings. The monoisotopic (exact) mass is 458 g/mol. The van der Waals surface area contributed by atoms with Crippen molar-refractivity contribution in [1.29, 1.82) is 5.26 Å². The largest absolute Gasteiger partial charge is 0.489 e. The van der Waals surface area contributed by atoms with E-state index in [1.165, 1.54) is 7.11 Å². The molecule has 34 heavy (non-hydrogen) atoms. The number of nitrogens with zero attached hydrogens (tertiary/aromatic N) is 2. The lowest BCUT2D eigenvalue weighted by Crippen LogP contribution is -2.13. The van der Waals surface area contributed by atoms with Gasteiger partial charge in [0.2, 0.25) is 0 Å². The summed E-state index contributed by atoms with van der Waals surface area (Å²) in [7, 11) is 1.51. The molecule has 0 aliphatic heterocycles. The highest BCUT2D eigenvalue weighted by Gasteiger charge is 2.15. The summed E-state index contributed by atoms with van der Waals surface area (Å²) in [5.41, 5.74) is 3.41. The molecule has 0 amide bonds. The minimum absolute atomic E-state index is 0.0770. The van der Waals surface area contributed by atoms with Crippen LogP contribution in [0.2, 0.25) is 0 Å². The molecule has 0 bridgehead atoms. The molecule has 0 aliphatic carbocycles. The molecule has 3 aromatic carbocycles. The SMILES string of the molecule is CO/N=C(\COc1ccc(COc2ccc(C(CC#N)CC(=O)O)cc2)cc1)c1ccccc1. The van der Waals surface area contributed by atoms with Crippen LogP contribution in [0.15, 0.2) is 84.0 Å². The number of aliphatic carboxylic acids is 1. The number of nitriles is 1. The Bertz CT molecular complexity index is 1120. The van der Waals surface area contributed by atoms with E-state index in [1.807, 2.05) is 72.8 Å². The van der Waals surface area contributed by atoms with Crippen LogP contribution in [0.1, 0.15) is 35.4 Å². The predicted molar refractivity (Wildman–Crippen MR) is 128 cm³/mol. The molecule has 1 atom stereocenters. The van der Waals surface area contributed by atoms with E-state index in [-0.39, 0.29) is 25.4 Å². The van der Waals surface area contributed by atoms with Crippen LogP contribution in [-0.4, -0.2) is 30.5 Å². The molecule has 0 heterocycles. The highest BCUT2D eigenvalue weighted by atomic mass is 16.6. The first kappa shape index (κ1) is 24.3. The van der Waals surface area contributed by atoms with Crippen LogP contribution in [0.5, 0.6) is 11.5 Å². The van der Waals surface area contributed by atoms with Crippen molar-refractivity contribution in [3.8, 4) is 17.6 Å². The summed E-state index contributed by atoms with van der Waals surface area (Å²) < 4.78 is 11.7. The van der Waals surface area contributed by atoms with Gasteiger partial charge in [0.15, 0.2) is 0 Å². The first-order valence-corrected chi connectivity index (χ1v) is 10.8. The van der Waals surface area contributed by atoms with Crippen LogP contribution < -0.4 is 9.47 Å². The fourth-order valence-electron chi connectivity index (χ4n) is 3.37. The van der Waals surface area contributed by atoms with Crippen molar-refractivity contribution < 1.29 is 24.2 Å². The van der Waals surface area contributed by atoms with E-state index in [4.69, 9.17) is 24.7 Å². The van der Waals surface area contributed by atoms with E-state index in [9.17, 15) is 4.79 Å². The standard InChI is InChI=1S/C27H26N2O5/c1-32-29-26(22-5-3-2-4-6-22)19-34-24-11-7-20(8-12-24)18-33-25-13-9-21(10-14-25)23(15-16-28)17-27(30)31/h2-14,23H,15,17-19H2,1H3,(H,30,31)/b29-26+. The van der Waals surface area contributed by atoms with Gasteiger partial charge in [-0.1, -0.05) is 59.8 Å². The van der Waals surface area contributed by atoms with Crippen molar-refractivity contribution in [2.24, 2.45) is 5.16 Å². The van der Waals surface area contributed by atoms with E-state index in [0.29, 0.717) is 23.8 Å². The number of ether oxygens (including phenoxy) is 2. The quantitative estimate of drug-likeness (QED) is 0.297. The minimum Gasteiger partial charge on any atom is -0.489 e. The van der Waals surface area contributed by atoms with Gasteiger partial charge < -0.3 is 19.4 Å². The van der Waals surface area contributed by atoms with Gasteiger partial charge in [-0.2, -0.15) is 5.26 Å². The molecule has 0 saturated heterocycles. The average Bonchev–Trinajstić information content (AvgIpc) is 2.86. The Hall–Kier alpha value is -4.31. The molecular formula is C27H26N2O5. The normalized spacial score (nSPS) is 11.8. The summed E-state index contributed by atoms with van der Waals surface area (Å²) in [5, 5.41) is 22.0. The summed E-state index contributed by atoms with van der Waals surface area (Å²) in [6.45, 7) is 0.644. The third-order valence-electron chi connectivity index (χ3n) is 5.12. The first-order chi connectivity index (χ1) is 16.6. The van der Waals surface area contributed by atoms with Gasteiger partial charge in [-0.15, -0.1) is 0 Å². The van der Waals surface area contributed by atoms with E-state index >= 15 is 0 Å². The number of rotatable bonds is 12. The lowest BCUT2D eigenvalue weighted by atomic mass is 9.93. The summed E-state index contributed by atoms with van der Waals surface area (Å²) in [4.78, 5) is 16.0. The van der Waals surface area contributed by atoms with E-state index in [2.05, 4.69) is 5.16 Å². The number of carboxylic acids is 1. The van der Waals surface area contributed by atoms with Crippen LogP contribution in [0.25, 0.3) is 0 Å². The number of carbonyl (C=O) groups is 1. The van der Waals surface area contributed by atoms with Gasteiger partial charge in [-0.3, -0.25) is 4.79 Å². The third-order valence-corrected chi connectivity index (χ3v) is 5.12. The van der Waals surface area contributed by atoms with Crippen LogP contribution in [0.4, 0.5) is 0 Å². The van der Waals surface area contributed by atoms with E-state index in [0.717, 1.165) is 16.7 Å². The Morgan fingerprint density at radius 1 is 0.971 bits per heavy atom. The van der Waals surface area contributed by atoms with E-state index < -0.39 is 5.97 Å². The third kappa shape index (κ3) is 7.38. The van der Waals surface area contributed by atoms with Gasteiger partial charge in [-0.05, 0) is 35.4 Å². The maximum absolute atomic E-state index is 11.0. The predicted octanol–water partition coefficient (Wildman–Crippen LogP) is 5.17. The van der Waals surface area contributed by atoms with Gasteiger partial charge in [0.1, 0.15) is 37.5 Å². The number of benzene rings is 3. The lowest BCUT2D eigenvalue weighted by Gasteiger charge is -2.13. The lowest BCUT2D eigenvalue weighted by molar-refractivity contribution is -0.137. The Morgan fingerprint density at radius 2 is 1.62 bits per heavy atom. The Labute approximate surface area is 198 Å². The Morgan fingerprint density at radius 3 is 2.24 bits per heavy atom. The summed E-state index contributed by atoms with van der Waals surface area (Å²) in [6, 6.07) is 26.5. The summed E-state index contributed by atoms with van der Waals surface area (Å²) in [5.74, 6) is 0.115. The van der Waals surface area contributed by atoms with Crippen molar-refractivity contribution in [2.45, 2.75) is 25.4 Å². The van der Waals surface area contributed by atoms with Crippen molar-refractivity contribution in [1.82, 2.24) is 0 Å². The molecule has 3 rings (SSSR count). The maximum Gasteiger partial charge on any atom is 0.303 e. The van der Waals surface area contributed by atoms with Crippen molar-refractivity contribution in [3.05, 3.63) is 95.6 Å². The number of carboxylic acid groups (broad SMARTS) is 1. The minimum atomic E-state index is -0.921. The van der Waals surface area contributed by atoms with Gasteiger partial charge in [0.25, 0.3) is 0 Å². The maximum atomic E-state index is 11.0.